The van der Waals surface area contributed by atoms with E-state index in [0.29, 0.717) is 113 Å². The summed E-state index contributed by atoms with van der Waals surface area (Å²) in [5.74, 6) is 0.609. The van der Waals surface area contributed by atoms with E-state index in [4.69, 9.17) is 19.4 Å². The van der Waals surface area contributed by atoms with Crippen molar-refractivity contribution in [1.29, 1.82) is 0 Å². The highest BCUT2D eigenvalue weighted by Crippen LogP contribution is 2.42. The lowest BCUT2D eigenvalue weighted by atomic mass is 9.84. The van der Waals surface area contributed by atoms with Gasteiger partial charge in [0.1, 0.15) is 51.8 Å². The zero-order valence-corrected chi connectivity index (χ0v) is 65.4. The Kier molecular flexibility index (Phi) is 21.9. The first-order chi connectivity index (χ1) is 55.9. The summed E-state index contributed by atoms with van der Waals surface area (Å²) in [6.07, 6.45) is 12.3. The van der Waals surface area contributed by atoms with Crippen molar-refractivity contribution in [2.45, 2.75) is 103 Å². The van der Waals surface area contributed by atoms with Gasteiger partial charge in [0.15, 0.2) is 0 Å². The number of hydrogen-bond donors (Lipinski definition) is 7. The number of rotatable bonds is 20. The van der Waals surface area contributed by atoms with E-state index >= 15 is 0 Å². The van der Waals surface area contributed by atoms with Crippen molar-refractivity contribution in [2.24, 2.45) is 5.92 Å². The number of benzene rings is 3. The molecule has 116 heavy (non-hydrogen) atoms. The Labute approximate surface area is 666 Å². The van der Waals surface area contributed by atoms with Crippen molar-refractivity contribution in [2.75, 3.05) is 101 Å². The highest BCUT2D eigenvalue weighted by molar-refractivity contribution is 6.08. The highest BCUT2D eigenvalue weighted by Gasteiger charge is 2.36. The fourth-order valence-electron chi connectivity index (χ4n) is 16.5. The fraction of sp³-hybridized carbons (Fsp3) is 0.337. The quantitative estimate of drug-likeness (QED) is 0.0350. The molecule has 3 aromatic carbocycles. The van der Waals surface area contributed by atoms with E-state index in [2.05, 4.69) is 92.5 Å². The number of nitrogens with zero attached hydrogens (tertiary/aromatic N) is 13. The van der Waals surface area contributed by atoms with E-state index in [1.165, 1.54) is 36.4 Å². The van der Waals surface area contributed by atoms with Gasteiger partial charge in [-0.1, -0.05) is 30.3 Å². The number of morpholine rings is 1. The minimum atomic E-state index is -2.44. The van der Waals surface area contributed by atoms with Gasteiger partial charge in [0.05, 0.1) is 118 Å². The average Bonchev–Trinajstić information content (AvgIpc) is 1.60. The molecule has 0 spiro atoms. The van der Waals surface area contributed by atoms with Crippen LogP contribution < -0.4 is 36.8 Å². The van der Waals surface area contributed by atoms with Crippen LogP contribution in [0.2, 0.25) is 0 Å². The maximum absolute atomic E-state index is 13.7. The first kappa shape index (κ1) is 78.1. The van der Waals surface area contributed by atoms with Crippen LogP contribution in [0.5, 0.6) is 0 Å². The molecule has 2 atom stereocenters. The summed E-state index contributed by atoms with van der Waals surface area (Å²) >= 11 is 0. The van der Waals surface area contributed by atoms with E-state index in [0.717, 1.165) is 132 Å². The number of aliphatic hydroxyl groups is 1. The van der Waals surface area contributed by atoms with Gasteiger partial charge in [-0.15, -0.1) is 0 Å². The molecule has 0 aliphatic carbocycles. The lowest BCUT2D eigenvalue weighted by Crippen LogP contribution is -2.47. The second-order valence-corrected chi connectivity index (χ2v) is 31.4. The number of ether oxygens (including phenoxy) is 2. The van der Waals surface area contributed by atoms with Gasteiger partial charge in [-0.3, -0.25) is 37.4 Å². The van der Waals surface area contributed by atoms with Crippen LogP contribution in [-0.2, 0) is 47.7 Å². The molecule has 18 rings (SSSR count). The standard InChI is InChI=1S/C31H36FN7O2.C28H27F3N6O2.C27H27FN6O2/c1-31(2,41)19-6-5-12-38(17-19)25-9-10-27(36-24(25)18-37(3)4)35-23-8-7-21(22-15-34-30(40)29(22)23)26-16-33-28-14-20(32)11-13-39(26)28;1-36(14-24(30)31)13-22-18(16-7-9-39-15-16)3-5-25(35-22)34-21-4-2-19(20-11-33-28(38)27(20)21)23-12-32-26-10-17(29)6-8-37(23)26;1-27(2,33-9-11-36-12-10-33)17-3-6-23(29-14-17)32-21-5-4-19(20-15-31-26(35)25(20)21)22-16-30-24-13-18(28)7-8-34(22)24/h7-11,13-14,16,19,41H,5-6,12,15,17-18H2,1-4H3,(H,34,40)(H,35,36);2-6,8,10,12,16,24H,7,9,11,13-15H2,1H3,(H,33,38)(H,34,35);3-8,13-14,16H,9-12,15H2,1-2H3,(H,29,32)(H,31,35)/t19-;16-;/m10./s1. The minimum absolute atomic E-state index is 0.140. The first-order valence-corrected chi connectivity index (χ1v) is 38.8. The number of aromatic nitrogens is 9. The number of fused-ring (bicyclic) bond motifs is 6. The van der Waals surface area contributed by atoms with Crippen molar-refractivity contribution in [3.05, 3.63) is 226 Å². The van der Waals surface area contributed by atoms with E-state index < -0.39 is 12.0 Å². The zero-order valence-electron chi connectivity index (χ0n) is 65.4. The smallest absolute Gasteiger partial charge is 0.254 e. The molecule has 9 aromatic heterocycles. The molecule has 30 heteroatoms. The zero-order chi connectivity index (χ0) is 80.8. The second kappa shape index (κ2) is 32.5. The van der Waals surface area contributed by atoms with Gasteiger partial charge in [0.2, 0.25) is 0 Å². The molecule has 0 radical (unpaired) electrons. The van der Waals surface area contributed by atoms with Gasteiger partial charge in [-0.25, -0.2) is 51.9 Å². The van der Waals surface area contributed by atoms with Crippen LogP contribution in [0.4, 0.5) is 62.2 Å². The molecule has 12 aromatic rings. The topological polar surface area (TPSA) is 266 Å². The summed E-state index contributed by atoms with van der Waals surface area (Å²) in [5.41, 5.74) is 16.5. The molecule has 3 saturated heterocycles. The number of carbonyl (C=O) groups is 3. The number of anilines is 7. The molecule has 6 aliphatic rings. The van der Waals surface area contributed by atoms with Gasteiger partial charge in [0, 0.05) is 143 Å². The molecule has 0 unspecified atom stereocenters. The largest absolute Gasteiger partial charge is 0.390 e. The Balaban J connectivity index is 0.000000131. The van der Waals surface area contributed by atoms with Crippen molar-refractivity contribution in [3.63, 3.8) is 0 Å². The number of halogens is 5. The lowest BCUT2D eigenvalue weighted by molar-refractivity contribution is -0.0119. The summed E-state index contributed by atoms with van der Waals surface area (Å²) in [4.78, 5) is 74.6. The van der Waals surface area contributed by atoms with E-state index in [1.807, 2.05) is 104 Å². The third-order valence-corrected chi connectivity index (χ3v) is 22.6. The van der Waals surface area contributed by atoms with E-state index in [9.17, 15) is 41.4 Å². The fourth-order valence-corrected chi connectivity index (χ4v) is 16.5. The molecule has 25 nitrogen and oxygen atoms in total. The van der Waals surface area contributed by atoms with Gasteiger partial charge in [0.25, 0.3) is 24.1 Å². The van der Waals surface area contributed by atoms with Gasteiger partial charge < -0.3 is 56.3 Å². The molecule has 6 aliphatic heterocycles. The van der Waals surface area contributed by atoms with Crippen LogP contribution in [0.1, 0.15) is 123 Å². The lowest BCUT2D eigenvalue weighted by Gasteiger charge is -2.41. The Bertz CT molecular complexity index is 5730. The Morgan fingerprint density at radius 2 is 1.03 bits per heavy atom. The number of alkyl halides is 2. The van der Waals surface area contributed by atoms with Crippen LogP contribution in [0, 0.1) is 23.4 Å². The summed E-state index contributed by atoms with van der Waals surface area (Å²) in [6, 6.07) is 31.6. The predicted molar refractivity (Wildman–Crippen MR) is 432 cm³/mol. The maximum Gasteiger partial charge on any atom is 0.254 e. The molecule has 3 fully saturated rings. The molecule has 0 bridgehead atoms. The van der Waals surface area contributed by atoms with Crippen LogP contribution >= 0.6 is 0 Å². The Morgan fingerprint density at radius 1 is 0.552 bits per heavy atom. The molecule has 15 heterocycles. The van der Waals surface area contributed by atoms with Crippen LogP contribution in [-0.4, -0.2) is 173 Å². The molecule has 7 N–H and O–H groups in total. The van der Waals surface area contributed by atoms with Gasteiger partial charge in [-0.05, 0) is 157 Å². The highest BCUT2D eigenvalue weighted by atomic mass is 19.3. The molecular formula is C86H90F5N19O6. The van der Waals surface area contributed by atoms with Crippen LogP contribution in [0.15, 0.2) is 153 Å². The number of hydrogen-bond acceptors (Lipinski definition) is 19. The molecule has 3 amide bonds. The van der Waals surface area contributed by atoms with Crippen molar-refractivity contribution in [3.8, 4) is 33.8 Å². The normalized spacial score (nSPS) is 16.8. The predicted octanol–water partition coefficient (Wildman–Crippen LogP) is 13.4. The monoisotopic (exact) mass is 1580 g/mol. The van der Waals surface area contributed by atoms with Gasteiger partial charge in [-0.2, -0.15) is 0 Å². The number of pyridine rings is 6. The molecular weight excluding hydrogens is 1490 g/mol. The number of imidazole rings is 3. The Hall–Kier alpha value is -11.8. The minimum Gasteiger partial charge on any atom is -0.390 e. The second-order valence-electron chi connectivity index (χ2n) is 31.4. The first-order valence-electron chi connectivity index (χ1n) is 38.8. The van der Waals surface area contributed by atoms with E-state index in [-0.39, 0.29) is 65.6 Å². The summed E-state index contributed by atoms with van der Waals surface area (Å²) in [6.45, 7) is 16.1. The van der Waals surface area contributed by atoms with E-state index in [1.54, 1.807) is 53.5 Å². The number of amides is 3. The summed E-state index contributed by atoms with van der Waals surface area (Å²) in [5, 5.41) is 29.5. The average molecular weight is 1580 g/mol. The van der Waals surface area contributed by atoms with Crippen LogP contribution in [0.25, 0.3) is 50.7 Å². The summed E-state index contributed by atoms with van der Waals surface area (Å²) in [7, 11) is 5.69. The molecule has 600 valence electrons. The van der Waals surface area contributed by atoms with Crippen molar-refractivity contribution < 1.29 is 50.9 Å². The maximum atomic E-state index is 13.7. The van der Waals surface area contributed by atoms with Crippen molar-refractivity contribution >= 4 is 74.9 Å². The molecule has 0 saturated carbocycles. The van der Waals surface area contributed by atoms with Crippen LogP contribution in [0.3, 0.4) is 0 Å². The number of carbonyl (C=O) groups excluding carboxylic acids is 3. The SMILES string of the molecule is CC(C)(c1ccc(Nc2ccc(-c3cnc4cc(F)ccn34)c3c2C(=O)NC3)nc1)N1CCOCC1.CN(C)Cc1nc(Nc2ccc(-c3cnc4cc(F)ccn34)c3c2C(=O)NC3)ccc1N1CCC[C@@H](C(C)(C)O)C1.CN(Cc1nc(Nc2ccc(-c3cnc4cc(F)ccn34)c3c2C(=O)NC3)ccc1[C@H]1CCOC1)CC(F)F. The van der Waals surface area contributed by atoms with Gasteiger partial charge >= 0.3 is 0 Å². The third kappa shape index (κ3) is 16.1. The number of piperidine rings is 1. The van der Waals surface area contributed by atoms with Crippen molar-refractivity contribution in [1.82, 2.24) is 73.8 Å². The third-order valence-electron chi connectivity index (χ3n) is 22.6. The Morgan fingerprint density at radius 3 is 1.49 bits per heavy atom. The number of nitrogens with one attached hydrogen (secondary N) is 6. The summed E-state index contributed by atoms with van der Waals surface area (Å²) < 4.78 is 83.5.